The Bertz CT molecular complexity index is 2250. The van der Waals surface area contributed by atoms with E-state index in [1.807, 2.05) is 13.1 Å². The lowest BCUT2D eigenvalue weighted by Gasteiger charge is -2.46. The average molecular weight is 1420 g/mol. The first-order chi connectivity index (χ1) is 46.7. The highest BCUT2D eigenvalue weighted by Crippen LogP contribution is 2.37. The van der Waals surface area contributed by atoms with Crippen molar-refractivity contribution in [2.24, 2.45) is 5.41 Å². The topological polar surface area (TPSA) is 209 Å². The van der Waals surface area contributed by atoms with Crippen LogP contribution in [-0.4, -0.2) is 309 Å². The summed E-state index contributed by atoms with van der Waals surface area (Å²) in [5.74, 6) is 0. The molecule has 0 saturated carbocycles. The molecule has 8 N–H and O–H groups in total. The molecule has 19 heteroatoms. The lowest BCUT2D eigenvalue weighted by Crippen LogP contribution is -2.54. The third kappa shape index (κ3) is 34.0. The molecule has 8 fully saturated rings. The van der Waals surface area contributed by atoms with Crippen molar-refractivity contribution in [3.05, 3.63) is 29.6 Å². The largest absolute Gasteiger partial charge is 0.393 e. The highest BCUT2D eigenvalue weighted by molar-refractivity contribution is 5.19. The third-order valence-corrected chi connectivity index (χ3v) is 23.1. The zero-order chi connectivity index (χ0) is 75.3. The molecule has 1 aromatic rings. The molecule has 590 valence electrons. The number of morpholine rings is 1. The molecule has 1 aromatic heterocycles. The van der Waals surface area contributed by atoms with Crippen LogP contribution in [0.4, 0.5) is 0 Å². The minimum atomic E-state index is -0.800. The van der Waals surface area contributed by atoms with Gasteiger partial charge in [-0.2, -0.15) is 5.10 Å². The molecule has 10 aliphatic heterocycles. The van der Waals surface area contributed by atoms with E-state index in [1.165, 1.54) is 56.5 Å². The Kier molecular flexibility index (Phi) is 42.4. The number of likely N-dealkylation sites (tertiary alicyclic amines) is 5. The fourth-order valence-corrected chi connectivity index (χ4v) is 15.9. The molecule has 6 atom stereocenters. The normalized spacial score (nSPS) is 27.7. The number of aliphatic hydroxyl groups is 7. The van der Waals surface area contributed by atoms with Crippen LogP contribution >= 0.6 is 0 Å². The molecule has 4 unspecified atom stereocenters. The van der Waals surface area contributed by atoms with Gasteiger partial charge in [0.2, 0.25) is 0 Å². The first kappa shape index (κ1) is 92.5. The van der Waals surface area contributed by atoms with E-state index >= 15 is 0 Å². The zero-order valence-electron chi connectivity index (χ0n) is 68.9. The number of β-amino-alcohol motifs (C(OH)–C–C–N with tert-alkyl or cyclic N) is 1. The maximum Gasteiger partial charge on any atom is 0.0901 e. The van der Waals surface area contributed by atoms with Crippen molar-refractivity contribution in [1.82, 2.24) is 54.3 Å². The number of hydrogen-bond donors (Lipinski definition) is 8. The number of nitrogens with one attached hydrogen (secondary N) is 1. The van der Waals surface area contributed by atoms with Crippen molar-refractivity contribution in [3.8, 4) is 0 Å². The van der Waals surface area contributed by atoms with Gasteiger partial charge in [-0.1, -0.05) is 26.0 Å². The highest BCUT2D eigenvalue weighted by Gasteiger charge is 2.42. The molecule has 100 heavy (non-hydrogen) atoms. The predicted molar refractivity (Wildman–Crippen MR) is 418 cm³/mol. The van der Waals surface area contributed by atoms with Crippen molar-refractivity contribution in [3.63, 3.8) is 0 Å². The Balaban J connectivity index is 0.000000293. The van der Waals surface area contributed by atoms with Gasteiger partial charge >= 0.3 is 0 Å². The molecular weight excluding hydrogens is 1250 g/mol. The predicted octanol–water partition coefficient (Wildman–Crippen LogP) is 10.8. The van der Waals surface area contributed by atoms with Gasteiger partial charge in [0.1, 0.15) is 0 Å². The maximum absolute atomic E-state index is 9.71. The number of nitrogens with zero attached hydrogens (tertiary/aromatic N) is 10. The van der Waals surface area contributed by atoms with Gasteiger partial charge in [-0.25, -0.2) is 0 Å². The standard InChI is InChI=1S/C10H19NO.2C10H21NO.C9H15N3.C9H19NO2.2C9H19NO.C8H15N.C7H15NO/c1-7(2)11-8-3-4-9(11)6-10(12)5-8;1-8(2)11-6-5-9(12)10(3,4)7-11;1-8(2)11-6-5-9(12)7-10(11,3)4;1-7(2)12-4-3-8-5-10-11-9(8)6-12;1-8(2)10-5-3-9(12,7-11)4-6-10;1-8(2)10-6-4-9(3,11)5-7-10;1-8(2)10-6-4-3-5-9(11)7-10;1-8(2)9-6-4-3-5-7-9;1-7(2)8-3-5-9-6-4-8/h7-10,12H,3-6H2,1-2H3;2*8-9,12H,5-7H2,1-4H3;5,7H,3-4,6H2,1-2H3,(H,10,11);8,11-12H,3-7H2,1-2H3;8,11H,4-7H2,1-3H3;8-9,11H,3-7H2,1-2H3;3-4,8H,5-7H2,1-2H3;7H,3-6H2,1-2H3/t8-,9+,10?;;;;;;;;. The van der Waals surface area contributed by atoms with Gasteiger partial charge < -0.3 is 55.2 Å². The quantitative estimate of drug-likeness (QED) is 0.102. The number of ether oxygens (including phenoxy) is 1. The first-order valence-corrected chi connectivity index (χ1v) is 40.5. The number of H-pyrrole nitrogens is 1. The van der Waals surface area contributed by atoms with Gasteiger partial charge in [0.25, 0.3) is 0 Å². The van der Waals surface area contributed by atoms with Crippen LogP contribution in [0.1, 0.15) is 267 Å². The van der Waals surface area contributed by atoms with Crippen LogP contribution in [0.15, 0.2) is 18.3 Å². The molecule has 8 saturated heterocycles. The SMILES string of the molecule is CC(C)N1CC=CCC1.CC(C)N1CCC(C)(O)CC1.CC(C)N1CCC(O)(CO)CC1.CC(C)N1CCC(O)C(C)(C)C1.CC(C)N1CCC(O)CC1(C)C.CC(C)N1CCCCC(O)C1.CC(C)N1CCOCC1.CC(C)N1CCc2cn[nH]c2C1.CC(C)N1[C@@H]2CC[C@H]1CC(O)C2. The van der Waals surface area contributed by atoms with E-state index in [0.29, 0.717) is 73.3 Å². The van der Waals surface area contributed by atoms with E-state index in [-0.39, 0.29) is 42.0 Å². The number of hydrogen-bond acceptors (Lipinski definition) is 18. The van der Waals surface area contributed by atoms with Crippen LogP contribution in [0.25, 0.3) is 0 Å². The molecule has 2 bridgehead atoms. The number of rotatable bonds is 10. The number of aliphatic hydroxyl groups excluding tert-OH is 5. The average Bonchev–Trinajstić information content (AvgIpc) is 1.51. The smallest absolute Gasteiger partial charge is 0.0901 e. The minimum absolute atomic E-state index is 0.0162. The zero-order valence-corrected chi connectivity index (χ0v) is 68.9. The molecule has 11 heterocycles. The number of piperidine rings is 5. The molecule has 0 spiro atoms. The van der Waals surface area contributed by atoms with E-state index in [0.717, 1.165) is 162 Å². The molecule has 10 aliphatic rings. The summed E-state index contributed by atoms with van der Waals surface area (Å²) in [5, 5.41) is 73.6. The molecule has 0 radical (unpaired) electrons. The van der Waals surface area contributed by atoms with Gasteiger partial charge in [-0.15, -0.1) is 0 Å². The Hall–Kier alpha value is -1.73. The summed E-state index contributed by atoms with van der Waals surface area (Å²) in [5.41, 5.74) is 1.74. The second kappa shape index (κ2) is 45.8. The Labute approximate surface area is 614 Å². The minimum Gasteiger partial charge on any atom is -0.393 e. The summed E-state index contributed by atoms with van der Waals surface area (Å²) in [6, 6.07) is 7.03. The van der Waals surface area contributed by atoms with Crippen molar-refractivity contribution in [2.45, 2.75) is 376 Å². The van der Waals surface area contributed by atoms with Gasteiger partial charge in [0, 0.05) is 169 Å². The van der Waals surface area contributed by atoms with Crippen LogP contribution in [-0.2, 0) is 17.7 Å². The Morgan fingerprint density at radius 2 is 1.02 bits per heavy atom. The summed E-state index contributed by atoms with van der Waals surface area (Å²) >= 11 is 0. The summed E-state index contributed by atoms with van der Waals surface area (Å²) in [4.78, 5) is 22.0. The first-order valence-electron chi connectivity index (χ1n) is 40.5. The lowest BCUT2D eigenvalue weighted by molar-refractivity contribution is -0.0637. The van der Waals surface area contributed by atoms with Crippen LogP contribution < -0.4 is 0 Å². The lowest BCUT2D eigenvalue weighted by atomic mass is 9.81. The molecule has 11 rings (SSSR count). The number of aromatic nitrogens is 2. The number of aromatic amines is 1. The molecule has 19 nitrogen and oxygen atoms in total. The van der Waals surface area contributed by atoms with Crippen LogP contribution in [0.2, 0.25) is 0 Å². The molecule has 0 aromatic carbocycles. The van der Waals surface area contributed by atoms with E-state index < -0.39 is 11.2 Å². The monoisotopic (exact) mass is 1420 g/mol. The second-order valence-corrected chi connectivity index (χ2v) is 35.3. The number of fused-ring (bicyclic) bond motifs is 3. The van der Waals surface area contributed by atoms with Crippen LogP contribution in [0, 0.1) is 5.41 Å². The Morgan fingerprint density at radius 1 is 0.500 bits per heavy atom. The summed E-state index contributed by atoms with van der Waals surface area (Å²) in [6.07, 6.45) is 22.6. The van der Waals surface area contributed by atoms with Crippen LogP contribution in [0.5, 0.6) is 0 Å². The molecule has 0 amide bonds. The summed E-state index contributed by atoms with van der Waals surface area (Å²) < 4.78 is 5.21. The van der Waals surface area contributed by atoms with Crippen LogP contribution in [0.3, 0.4) is 0 Å². The molecular formula is C81H163N11O8. The summed E-state index contributed by atoms with van der Waals surface area (Å²) in [7, 11) is 0. The fourth-order valence-electron chi connectivity index (χ4n) is 15.9. The van der Waals surface area contributed by atoms with Gasteiger partial charge in [-0.05, 0) is 260 Å². The third-order valence-electron chi connectivity index (χ3n) is 23.1. The highest BCUT2D eigenvalue weighted by atomic mass is 16.5. The van der Waals surface area contributed by atoms with Gasteiger partial charge in [-0.3, -0.25) is 34.5 Å². The van der Waals surface area contributed by atoms with Crippen molar-refractivity contribution < 1.29 is 40.5 Å². The molecule has 0 aliphatic carbocycles. The van der Waals surface area contributed by atoms with E-state index in [2.05, 4.69) is 219 Å². The second-order valence-electron chi connectivity index (χ2n) is 35.3. The van der Waals surface area contributed by atoms with Crippen molar-refractivity contribution >= 4 is 0 Å². The maximum atomic E-state index is 9.71. The fraction of sp³-hybridized carbons (Fsp3) is 0.938. The van der Waals surface area contributed by atoms with E-state index in [1.54, 1.807) is 0 Å². The van der Waals surface area contributed by atoms with Gasteiger partial charge in [0.05, 0.1) is 67.3 Å². The Morgan fingerprint density at radius 3 is 1.46 bits per heavy atom. The summed E-state index contributed by atoms with van der Waals surface area (Å²) in [6.45, 7) is 68.2. The van der Waals surface area contributed by atoms with Crippen molar-refractivity contribution in [1.29, 1.82) is 0 Å². The van der Waals surface area contributed by atoms with Crippen molar-refractivity contribution in [2.75, 3.05) is 111 Å². The van der Waals surface area contributed by atoms with Gasteiger partial charge in [0.15, 0.2) is 0 Å². The van der Waals surface area contributed by atoms with E-state index in [4.69, 9.17) is 9.84 Å². The van der Waals surface area contributed by atoms with E-state index in [9.17, 15) is 30.6 Å².